The molecule has 2 heterocycles. The third-order valence-corrected chi connectivity index (χ3v) is 3.78. The lowest BCUT2D eigenvalue weighted by Gasteiger charge is -2.14. The second-order valence-electron chi connectivity index (χ2n) is 6.19. The fraction of sp³-hybridized carbons (Fsp3) is 0.500. The molecule has 142 valence electrons. The Balaban J connectivity index is 1.73. The van der Waals surface area contributed by atoms with Crippen molar-refractivity contribution in [3.05, 3.63) is 35.7 Å². The smallest absolute Gasteiger partial charge is 0.307 e. The van der Waals surface area contributed by atoms with E-state index < -0.39 is 0 Å². The summed E-state index contributed by atoms with van der Waals surface area (Å²) in [5.41, 5.74) is 10.3. The Kier molecular flexibility index (Phi) is 7.40. The SMILES string of the molecule is CCOC(=O)C[C@H](C)NC(=O)C[C@H]1C=C(CCc2cccc(N)n2)NO1. The Bertz CT molecular complexity index is 662. The first kappa shape index (κ1) is 19.7. The van der Waals surface area contributed by atoms with Gasteiger partial charge in [-0.2, -0.15) is 0 Å². The summed E-state index contributed by atoms with van der Waals surface area (Å²) in [5.74, 6) is -0.00128. The number of amides is 1. The van der Waals surface area contributed by atoms with Gasteiger partial charge in [-0.3, -0.25) is 19.9 Å². The van der Waals surface area contributed by atoms with Gasteiger partial charge in [0.05, 0.1) is 19.4 Å². The molecule has 1 aliphatic heterocycles. The summed E-state index contributed by atoms with van der Waals surface area (Å²) in [4.78, 5) is 33.1. The first-order chi connectivity index (χ1) is 12.5. The fourth-order valence-corrected chi connectivity index (χ4v) is 2.62. The van der Waals surface area contributed by atoms with Crippen LogP contribution in [0.1, 0.15) is 38.8 Å². The van der Waals surface area contributed by atoms with Gasteiger partial charge >= 0.3 is 5.97 Å². The zero-order valence-corrected chi connectivity index (χ0v) is 15.2. The molecule has 2 atom stereocenters. The van der Waals surface area contributed by atoms with Crippen LogP contribution < -0.4 is 16.5 Å². The van der Waals surface area contributed by atoms with Crippen LogP contribution in [0.15, 0.2) is 30.0 Å². The van der Waals surface area contributed by atoms with Gasteiger partial charge < -0.3 is 15.8 Å². The lowest BCUT2D eigenvalue weighted by atomic mass is 10.1. The number of nitrogens with two attached hydrogens (primary N) is 1. The minimum atomic E-state index is -0.339. The van der Waals surface area contributed by atoms with Crippen LogP contribution in [0.4, 0.5) is 5.82 Å². The fourth-order valence-electron chi connectivity index (χ4n) is 2.62. The highest BCUT2D eigenvalue weighted by Gasteiger charge is 2.21. The lowest BCUT2D eigenvalue weighted by molar-refractivity contribution is -0.143. The number of hydrogen-bond acceptors (Lipinski definition) is 7. The van der Waals surface area contributed by atoms with Crippen molar-refractivity contribution in [3.8, 4) is 0 Å². The van der Waals surface area contributed by atoms with Crippen molar-refractivity contribution in [1.82, 2.24) is 15.8 Å². The molecule has 1 aliphatic rings. The minimum Gasteiger partial charge on any atom is -0.466 e. The van der Waals surface area contributed by atoms with Crippen LogP contribution >= 0.6 is 0 Å². The van der Waals surface area contributed by atoms with Gasteiger partial charge in [-0.1, -0.05) is 6.07 Å². The monoisotopic (exact) mass is 362 g/mol. The molecular weight excluding hydrogens is 336 g/mol. The van der Waals surface area contributed by atoms with Crippen molar-refractivity contribution >= 4 is 17.7 Å². The van der Waals surface area contributed by atoms with E-state index >= 15 is 0 Å². The second kappa shape index (κ2) is 9.76. The van der Waals surface area contributed by atoms with Gasteiger partial charge in [0, 0.05) is 17.4 Å². The number of carbonyl (C=O) groups is 2. The van der Waals surface area contributed by atoms with E-state index in [9.17, 15) is 9.59 Å². The van der Waals surface area contributed by atoms with Gasteiger partial charge in [0.25, 0.3) is 0 Å². The van der Waals surface area contributed by atoms with Gasteiger partial charge in [-0.05, 0) is 44.9 Å². The Morgan fingerprint density at radius 2 is 2.23 bits per heavy atom. The maximum absolute atomic E-state index is 12.0. The molecular formula is C18H26N4O4. The number of esters is 1. The number of nitrogens with zero attached hydrogens (tertiary/aromatic N) is 1. The Labute approximate surface area is 153 Å². The summed E-state index contributed by atoms with van der Waals surface area (Å²) in [7, 11) is 0. The highest BCUT2D eigenvalue weighted by molar-refractivity contribution is 5.78. The first-order valence-corrected chi connectivity index (χ1v) is 8.75. The summed E-state index contributed by atoms with van der Waals surface area (Å²) in [6, 6.07) is 5.25. The zero-order valence-electron chi connectivity index (χ0n) is 15.2. The minimum absolute atomic E-state index is 0.150. The molecule has 2 rings (SSSR count). The van der Waals surface area contributed by atoms with Crippen LogP contribution in [0.2, 0.25) is 0 Å². The largest absolute Gasteiger partial charge is 0.466 e. The van der Waals surface area contributed by atoms with Crippen LogP contribution in [-0.4, -0.2) is 35.6 Å². The lowest BCUT2D eigenvalue weighted by Crippen LogP contribution is -2.36. The highest BCUT2D eigenvalue weighted by atomic mass is 16.7. The maximum atomic E-state index is 12.0. The van der Waals surface area contributed by atoms with Crippen molar-refractivity contribution in [2.24, 2.45) is 0 Å². The Hall–Kier alpha value is -2.61. The number of pyridine rings is 1. The highest BCUT2D eigenvalue weighted by Crippen LogP contribution is 2.15. The molecule has 0 saturated heterocycles. The van der Waals surface area contributed by atoms with Crippen LogP contribution in [0.3, 0.4) is 0 Å². The number of nitrogen functional groups attached to an aromatic ring is 1. The van der Waals surface area contributed by atoms with Gasteiger partial charge in [-0.25, -0.2) is 4.98 Å². The van der Waals surface area contributed by atoms with E-state index in [1.807, 2.05) is 18.2 Å². The number of ether oxygens (including phenoxy) is 1. The summed E-state index contributed by atoms with van der Waals surface area (Å²) in [6.45, 7) is 3.85. The number of carbonyl (C=O) groups excluding carboxylic acids is 2. The third kappa shape index (κ3) is 6.72. The summed E-state index contributed by atoms with van der Waals surface area (Å²) in [6.07, 6.45) is 3.32. The molecule has 0 spiro atoms. The normalized spacial score (nSPS) is 17.2. The van der Waals surface area contributed by atoms with Crippen molar-refractivity contribution in [1.29, 1.82) is 0 Å². The topological polar surface area (TPSA) is 116 Å². The molecule has 1 aromatic rings. The summed E-state index contributed by atoms with van der Waals surface area (Å²) < 4.78 is 4.86. The van der Waals surface area contributed by atoms with Crippen LogP contribution in [-0.2, 0) is 25.6 Å². The van der Waals surface area contributed by atoms with Gasteiger partial charge in [-0.15, -0.1) is 0 Å². The molecule has 0 saturated carbocycles. The first-order valence-electron chi connectivity index (χ1n) is 8.75. The van der Waals surface area contributed by atoms with E-state index in [0.29, 0.717) is 18.8 Å². The van der Waals surface area contributed by atoms with Crippen LogP contribution in [0, 0.1) is 0 Å². The van der Waals surface area contributed by atoms with E-state index in [2.05, 4.69) is 15.8 Å². The predicted molar refractivity (Wildman–Crippen MR) is 96.5 cm³/mol. The molecule has 1 amide bonds. The summed E-state index contributed by atoms with van der Waals surface area (Å²) >= 11 is 0. The van der Waals surface area contributed by atoms with Crippen LogP contribution in [0.25, 0.3) is 0 Å². The number of anilines is 1. The van der Waals surface area contributed by atoms with E-state index in [1.165, 1.54) is 0 Å². The van der Waals surface area contributed by atoms with Gasteiger partial charge in [0.2, 0.25) is 5.91 Å². The van der Waals surface area contributed by atoms with Gasteiger partial charge in [0.15, 0.2) is 0 Å². The number of aromatic nitrogens is 1. The molecule has 0 bridgehead atoms. The maximum Gasteiger partial charge on any atom is 0.307 e. The molecule has 0 aliphatic carbocycles. The molecule has 0 fully saturated rings. The average molecular weight is 362 g/mol. The number of hydroxylamine groups is 1. The summed E-state index contributed by atoms with van der Waals surface area (Å²) in [5, 5.41) is 2.77. The average Bonchev–Trinajstić information content (AvgIpc) is 3.00. The van der Waals surface area contributed by atoms with Crippen LogP contribution in [0.5, 0.6) is 0 Å². The van der Waals surface area contributed by atoms with E-state index in [1.54, 1.807) is 19.9 Å². The molecule has 8 heteroatoms. The Morgan fingerprint density at radius 3 is 2.96 bits per heavy atom. The second-order valence-corrected chi connectivity index (χ2v) is 6.19. The van der Waals surface area contributed by atoms with Crippen molar-refractivity contribution in [2.75, 3.05) is 12.3 Å². The molecule has 0 unspecified atom stereocenters. The number of allylic oxidation sites excluding steroid dienone is 1. The zero-order chi connectivity index (χ0) is 18.9. The number of hydrogen-bond donors (Lipinski definition) is 3. The van der Waals surface area contributed by atoms with E-state index in [4.69, 9.17) is 15.3 Å². The number of aryl methyl sites for hydroxylation is 1. The molecule has 8 nitrogen and oxygen atoms in total. The Morgan fingerprint density at radius 1 is 1.42 bits per heavy atom. The third-order valence-electron chi connectivity index (χ3n) is 3.78. The van der Waals surface area contributed by atoms with Crippen molar-refractivity contribution in [2.45, 2.75) is 51.7 Å². The molecule has 0 radical (unpaired) electrons. The quantitative estimate of drug-likeness (QED) is 0.566. The number of nitrogens with one attached hydrogen (secondary N) is 2. The standard InChI is InChI=1S/C18H26N4O4/c1-3-25-18(24)9-12(2)20-17(23)11-15-10-14(22-26-15)8-7-13-5-4-6-16(19)21-13/h4-6,10,12,15,22H,3,7-9,11H2,1-2H3,(H2,19,21)(H,20,23)/t12-,15+/m0/s1. The molecule has 1 aromatic heterocycles. The van der Waals surface area contributed by atoms with Gasteiger partial charge in [0.1, 0.15) is 11.9 Å². The molecule has 4 N–H and O–H groups in total. The van der Waals surface area contributed by atoms with E-state index in [0.717, 1.165) is 17.8 Å². The van der Waals surface area contributed by atoms with Crippen molar-refractivity contribution < 1.29 is 19.2 Å². The molecule has 26 heavy (non-hydrogen) atoms. The predicted octanol–water partition coefficient (Wildman–Crippen LogP) is 1.23. The van der Waals surface area contributed by atoms with E-state index in [-0.39, 0.29) is 36.9 Å². The molecule has 0 aromatic carbocycles. The van der Waals surface area contributed by atoms with Crippen molar-refractivity contribution in [3.63, 3.8) is 0 Å². The number of rotatable bonds is 9.